The number of unbranched alkanes of at least 4 members (excludes halogenated alkanes) is 9. The Balaban J connectivity index is 1.96. The number of hydrogen-bond acceptors (Lipinski definition) is 4. The zero-order valence-corrected chi connectivity index (χ0v) is 20.2. The lowest BCUT2D eigenvalue weighted by Crippen LogP contribution is -2.33. The summed E-state index contributed by atoms with van der Waals surface area (Å²) in [6.07, 6.45) is 13.5. The van der Waals surface area contributed by atoms with E-state index >= 15 is 0 Å². The van der Waals surface area contributed by atoms with Crippen molar-refractivity contribution in [2.45, 2.75) is 105 Å². The fraction of sp³-hybridized carbons (Fsp3) is 0.800. The molecule has 1 aromatic heterocycles. The van der Waals surface area contributed by atoms with E-state index in [0.29, 0.717) is 25.0 Å². The molecule has 0 aliphatic carbocycles. The van der Waals surface area contributed by atoms with Crippen molar-refractivity contribution in [1.82, 2.24) is 9.55 Å². The molecule has 1 atom stereocenters. The van der Waals surface area contributed by atoms with E-state index in [1.807, 2.05) is 0 Å². The number of nitrogens with one attached hydrogen (secondary N) is 1. The SMILES string of the molecule is CC(C)CC(C(=O)OCCCCCCCCCCCCn1c(=O)cc[nH]c1=O)C(C)C. The van der Waals surface area contributed by atoms with Gasteiger partial charge in [0, 0.05) is 18.8 Å². The minimum Gasteiger partial charge on any atom is -0.465 e. The highest BCUT2D eigenvalue weighted by Crippen LogP contribution is 2.22. The van der Waals surface area contributed by atoms with Gasteiger partial charge in [0.25, 0.3) is 5.56 Å². The molecule has 6 heteroatoms. The van der Waals surface area contributed by atoms with Gasteiger partial charge in [0.1, 0.15) is 0 Å². The van der Waals surface area contributed by atoms with E-state index in [2.05, 4.69) is 32.7 Å². The Morgan fingerprint density at radius 3 is 1.97 bits per heavy atom. The van der Waals surface area contributed by atoms with Gasteiger partial charge in [-0.25, -0.2) is 4.79 Å². The summed E-state index contributed by atoms with van der Waals surface area (Å²) in [6.45, 7) is 9.54. The highest BCUT2D eigenvalue weighted by Gasteiger charge is 2.24. The molecule has 1 aromatic rings. The van der Waals surface area contributed by atoms with E-state index in [1.54, 1.807) is 0 Å². The minimum absolute atomic E-state index is 0.0225. The minimum atomic E-state index is -0.322. The molecular weight excluding hydrogens is 392 g/mol. The van der Waals surface area contributed by atoms with Crippen LogP contribution in [0.15, 0.2) is 21.9 Å². The average molecular weight is 437 g/mol. The van der Waals surface area contributed by atoms with Gasteiger partial charge in [0.15, 0.2) is 0 Å². The van der Waals surface area contributed by atoms with Crippen molar-refractivity contribution in [2.75, 3.05) is 6.61 Å². The summed E-state index contributed by atoms with van der Waals surface area (Å²) in [4.78, 5) is 38.0. The molecule has 0 aliphatic heterocycles. The highest BCUT2D eigenvalue weighted by atomic mass is 16.5. The van der Waals surface area contributed by atoms with Crippen molar-refractivity contribution in [2.24, 2.45) is 17.8 Å². The van der Waals surface area contributed by atoms with Crippen LogP contribution in [0.2, 0.25) is 0 Å². The number of aromatic amines is 1. The van der Waals surface area contributed by atoms with Gasteiger partial charge in [-0.15, -0.1) is 0 Å². The first-order valence-electron chi connectivity index (χ1n) is 12.3. The topological polar surface area (TPSA) is 81.2 Å². The molecule has 0 spiro atoms. The molecule has 0 bridgehead atoms. The summed E-state index contributed by atoms with van der Waals surface area (Å²) >= 11 is 0. The van der Waals surface area contributed by atoms with Crippen LogP contribution in [-0.4, -0.2) is 22.1 Å². The lowest BCUT2D eigenvalue weighted by atomic mass is 9.88. The number of esters is 1. The number of carbonyl (C=O) groups excluding carboxylic acids is 1. The number of aromatic nitrogens is 2. The van der Waals surface area contributed by atoms with Gasteiger partial charge < -0.3 is 9.72 Å². The molecule has 6 nitrogen and oxygen atoms in total. The zero-order chi connectivity index (χ0) is 23.1. The molecule has 0 radical (unpaired) electrons. The van der Waals surface area contributed by atoms with E-state index in [1.165, 1.54) is 48.9 Å². The Kier molecular flexibility index (Phi) is 13.9. The quantitative estimate of drug-likeness (QED) is 0.265. The fourth-order valence-corrected chi connectivity index (χ4v) is 3.88. The zero-order valence-electron chi connectivity index (χ0n) is 20.2. The summed E-state index contributed by atoms with van der Waals surface area (Å²) in [5.41, 5.74) is -0.550. The highest BCUT2D eigenvalue weighted by molar-refractivity contribution is 5.72. The number of ether oxygens (including phenoxy) is 1. The Bertz CT molecular complexity index is 692. The number of carbonyl (C=O) groups is 1. The van der Waals surface area contributed by atoms with Crippen LogP contribution in [-0.2, 0) is 16.1 Å². The molecule has 0 aliphatic rings. The van der Waals surface area contributed by atoms with E-state index in [0.717, 1.165) is 38.5 Å². The van der Waals surface area contributed by atoms with E-state index in [4.69, 9.17) is 4.74 Å². The molecule has 1 N–H and O–H groups in total. The van der Waals surface area contributed by atoms with Crippen molar-refractivity contribution in [3.63, 3.8) is 0 Å². The summed E-state index contributed by atoms with van der Waals surface area (Å²) in [7, 11) is 0. The lowest BCUT2D eigenvalue weighted by molar-refractivity contribution is -0.151. The molecule has 0 saturated carbocycles. The van der Waals surface area contributed by atoms with Crippen molar-refractivity contribution >= 4 is 5.97 Å². The van der Waals surface area contributed by atoms with Gasteiger partial charge in [-0.05, 0) is 31.1 Å². The molecule has 1 unspecified atom stereocenters. The largest absolute Gasteiger partial charge is 0.465 e. The predicted molar refractivity (Wildman–Crippen MR) is 126 cm³/mol. The van der Waals surface area contributed by atoms with Crippen molar-refractivity contribution < 1.29 is 9.53 Å². The molecule has 0 saturated heterocycles. The van der Waals surface area contributed by atoms with Crippen LogP contribution < -0.4 is 11.2 Å². The third-order valence-corrected chi connectivity index (χ3v) is 5.80. The van der Waals surface area contributed by atoms with Crippen LogP contribution >= 0.6 is 0 Å². The van der Waals surface area contributed by atoms with Crippen LogP contribution in [0.1, 0.15) is 98.3 Å². The summed E-state index contributed by atoms with van der Waals surface area (Å²) in [5.74, 6) is 0.844. The van der Waals surface area contributed by atoms with Crippen LogP contribution in [0.4, 0.5) is 0 Å². The Hall–Kier alpha value is -1.85. The first kappa shape index (κ1) is 27.2. The van der Waals surface area contributed by atoms with Gasteiger partial charge in [0.2, 0.25) is 0 Å². The molecule has 1 heterocycles. The van der Waals surface area contributed by atoms with Gasteiger partial charge >= 0.3 is 11.7 Å². The van der Waals surface area contributed by atoms with E-state index in [9.17, 15) is 14.4 Å². The number of hydrogen-bond donors (Lipinski definition) is 1. The average Bonchev–Trinajstić information content (AvgIpc) is 2.71. The molecule has 0 aromatic carbocycles. The Labute approximate surface area is 187 Å². The van der Waals surface area contributed by atoms with Crippen molar-refractivity contribution in [1.29, 1.82) is 0 Å². The first-order chi connectivity index (χ1) is 14.8. The summed E-state index contributed by atoms with van der Waals surface area (Å²) in [5, 5.41) is 0. The molecule has 31 heavy (non-hydrogen) atoms. The van der Waals surface area contributed by atoms with Crippen LogP contribution in [0, 0.1) is 17.8 Å². The normalized spacial score (nSPS) is 12.5. The fourth-order valence-electron chi connectivity index (χ4n) is 3.88. The molecule has 1 rings (SSSR count). The third kappa shape index (κ3) is 11.9. The van der Waals surface area contributed by atoms with E-state index in [-0.39, 0.29) is 23.1 Å². The number of H-pyrrole nitrogens is 1. The van der Waals surface area contributed by atoms with Crippen LogP contribution in [0.25, 0.3) is 0 Å². The molecular formula is C25H44N2O4. The standard InChI is InChI=1S/C25H44N2O4/c1-20(2)19-22(21(3)4)24(29)31-18-14-12-10-8-6-5-7-9-11-13-17-27-23(28)15-16-26-25(27)30/h15-16,20-22H,5-14,17-19H2,1-4H3,(H,26,30). The summed E-state index contributed by atoms with van der Waals surface area (Å²) < 4.78 is 6.78. The van der Waals surface area contributed by atoms with Gasteiger partial charge in [-0.2, -0.15) is 0 Å². The first-order valence-corrected chi connectivity index (χ1v) is 12.3. The van der Waals surface area contributed by atoms with E-state index < -0.39 is 0 Å². The number of nitrogens with zero attached hydrogens (tertiary/aromatic N) is 1. The Morgan fingerprint density at radius 2 is 1.45 bits per heavy atom. The maximum Gasteiger partial charge on any atom is 0.328 e. The second kappa shape index (κ2) is 15.9. The number of rotatable bonds is 17. The monoisotopic (exact) mass is 436 g/mol. The van der Waals surface area contributed by atoms with Gasteiger partial charge in [0.05, 0.1) is 12.5 Å². The molecule has 0 amide bonds. The second-order valence-electron chi connectivity index (χ2n) is 9.46. The second-order valence-corrected chi connectivity index (χ2v) is 9.46. The lowest BCUT2D eigenvalue weighted by Gasteiger charge is -2.21. The van der Waals surface area contributed by atoms with Crippen molar-refractivity contribution in [3.05, 3.63) is 33.1 Å². The maximum absolute atomic E-state index is 12.3. The van der Waals surface area contributed by atoms with Crippen LogP contribution in [0.3, 0.4) is 0 Å². The van der Waals surface area contributed by atoms with Gasteiger partial charge in [-0.1, -0.05) is 79.1 Å². The predicted octanol–water partition coefficient (Wildman–Crippen LogP) is 5.30. The van der Waals surface area contributed by atoms with Gasteiger partial charge in [-0.3, -0.25) is 14.2 Å². The smallest absolute Gasteiger partial charge is 0.328 e. The van der Waals surface area contributed by atoms with Crippen LogP contribution in [0.5, 0.6) is 0 Å². The summed E-state index contributed by atoms with van der Waals surface area (Å²) in [6, 6.07) is 1.39. The molecule has 0 fully saturated rings. The third-order valence-electron chi connectivity index (χ3n) is 5.80. The maximum atomic E-state index is 12.3. The van der Waals surface area contributed by atoms with Crippen molar-refractivity contribution in [3.8, 4) is 0 Å². The molecule has 178 valence electrons. The Morgan fingerprint density at radius 1 is 0.903 bits per heavy atom.